The molecule has 8 heteroatoms. The van der Waals surface area contributed by atoms with Crippen LogP contribution in [0.4, 0.5) is 10.1 Å². The third kappa shape index (κ3) is 4.12. The van der Waals surface area contributed by atoms with Gasteiger partial charge >= 0.3 is 5.69 Å². The maximum Gasteiger partial charge on any atom is 0.311 e. The Labute approximate surface area is 121 Å². The van der Waals surface area contributed by atoms with Crippen LogP contribution in [0.1, 0.15) is 20.3 Å². The Hall–Kier alpha value is -2.22. The van der Waals surface area contributed by atoms with Crippen LogP contribution in [0.5, 0.6) is 5.75 Å². The van der Waals surface area contributed by atoms with E-state index in [9.17, 15) is 19.3 Å². The fraction of sp³-hybridized carbons (Fsp3) is 0.462. The molecule has 0 saturated heterocycles. The Bertz CT molecular complexity index is 552. The van der Waals surface area contributed by atoms with Crippen molar-refractivity contribution >= 4 is 11.6 Å². The monoisotopic (exact) mass is 299 g/mol. The zero-order valence-electron chi connectivity index (χ0n) is 12.1. The highest BCUT2D eigenvalue weighted by Gasteiger charge is 2.32. The molecule has 0 bridgehead atoms. The molecule has 1 amide bonds. The lowest BCUT2D eigenvalue weighted by Crippen LogP contribution is -2.53. The van der Waals surface area contributed by atoms with E-state index < -0.39 is 28.3 Å². The summed E-state index contributed by atoms with van der Waals surface area (Å²) in [7, 11) is 1.57. The number of rotatable bonds is 7. The summed E-state index contributed by atoms with van der Waals surface area (Å²) >= 11 is 0. The number of nitro groups is 1. The lowest BCUT2D eigenvalue weighted by Gasteiger charge is -2.28. The van der Waals surface area contributed by atoms with Crippen molar-refractivity contribution < 1.29 is 18.8 Å². The van der Waals surface area contributed by atoms with Crippen LogP contribution >= 0.6 is 0 Å². The number of carbonyl (C=O) groups is 1. The lowest BCUT2D eigenvalue weighted by molar-refractivity contribution is -0.386. The van der Waals surface area contributed by atoms with E-state index in [0.29, 0.717) is 0 Å². The summed E-state index contributed by atoms with van der Waals surface area (Å²) in [6.45, 7) is 3.21. The molecule has 0 radical (unpaired) electrons. The van der Waals surface area contributed by atoms with Gasteiger partial charge in [-0.2, -0.15) is 0 Å². The SMILES string of the molecule is CNC(C)(CC(C)Oc1cc(F)ccc1[N+](=O)[O-])C(N)=O. The molecule has 1 aromatic carbocycles. The fourth-order valence-electron chi connectivity index (χ4n) is 1.89. The van der Waals surface area contributed by atoms with Crippen LogP contribution in [0.3, 0.4) is 0 Å². The number of ether oxygens (including phenoxy) is 1. The Balaban J connectivity index is 2.93. The van der Waals surface area contributed by atoms with Crippen molar-refractivity contribution in [1.29, 1.82) is 0 Å². The second-order valence-electron chi connectivity index (χ2n) is 4.95. The van der Waals surface area contributed by atoms with Crippen LogP contribution in [-0.4, -0.2) is 29.5 Å². The molecule has 2 atom stereocenters. The number of halogens is 1. The van der Waals surface area contributed by atoms with Gasteiger partial charge in [-0.3, -0.25) is 14.9 Å². The summed E-state index contributed by atoms with van der Waals surface area (Å²) in [5.41, 5.74) is 3.93. The van der Waals surface area contributed by atoms with Gasteiger partial charge in [0.05, 0.1) is 16.6 Å². The Morgan fingerprint density at radius 2 is 2.24 bits per heavy atom. The molecule has 1 rings (SSSR count). The van der Waals surface area contributed by atoms with Crippen molar-refractivity contribution in [2.45, 2.75) is 31.9 Å². The van der Waals surface area contributed by atoms with Gasteiger partial charge in [-0.05, 0) is 27.0 Å². The Morgan fingerprint density at radius 3 is 2.71 bits per heavy atom. The predicted molar refractivity (Wildman–Crippen MR) is 74.4 cm³/mol. The smallest absolute Gasteiger partial charge is 0.311 e. The van der Waals surface area contributed by atoms with E-state index in [1.807, 2.05) is 0 Å². The van der Waals surface area contributed by atoms with Gasteiger partial charge in [-0.1, -0.05) is 0 Å². The van der Waals surface area contributed by atoms with Crippen molar-refractivity contribution in [3.05, 3.63) is 34.1 Å². The van der Waals surface area contributed by atoms with E-state index >= 15 is 0 Å². The molecule has 0 aliphatic carbocycles. The Morgan fingerprint density at radius 1 is 1.62 bits per heavy atom. The van der Waals surface area contributed by atoms with Crippen molar-refractivity contribution in [2.24, 2.45) is 5.73 Å². The van der Waals surface area contributed by atoms with Crippen molar-refractivity contribution in [3.8, 4) is 5.75 Å². The first-order valence-electron chi connectivity index (χ1n) is 6.29. The van der Waals surface area contributed by atoms with Gasteiger partial charge in [0.2, 0.25) is 5.91 Å². The molecule has 2 unspecified atom stereocenters. The van der Waals surface area contributed by atoms with Gasteiger partial charge in [-0.25, -0.2) is 4.39 Å². The number of hydrogen-bond donors (Lipinski definition) is 2. The maximum atomic E-state index is 13.2. The quantitative estimate of drug-likeness (QED) is 0.583. The van der Waals surface area contributed by atoms with E-state index in [0.717, 1.165) is 18.2 Å². The molecule has 1 aromatic rings. The van der Waals surface area contributed by atoms with E-state index in [2.05, 4.69) is 5.32 Å². The maximum absolute atomic E-state index is 13.2. The van der Waals surface area contributed by atoms with Crippen LogP contribution in [0.2, 0.25) is 0 Å². The number of benzene rings is 1. The van der Waals surface area contributed by atoms with Gasteiger partial charge in [0, 0.05) is 18.6 Å². The molecule has 0 saturated carbocycles. The standard InChI is InChI=1S/C13H18FN3O4/c1-8(7-13(2,16-3)12(15)18)21-11-6-9(14)4-5-10(11)17(19)20/h4-6,8,16H,7H2,1-3H3,(H2,15,18). The van der Waals surface area contributed by atoms with Crippen molar-refractivity contribution in [2.75, 3.05) is 7.05 Å². The lowest BCUT2D eigenvalue weighted by atomic mass is 9.94. The number of hydrogen-bond acceptors (Lipinski definition) is 5. The number of nitrogens with one attached hydrogen (secondary N) is 1. The fourth-order valence-corrected chi connectivity index (χ4v) is 1.89. The normalized spacial score (nSPS) is 15.0. The highest BCUT2D eigenvalue weighted by molar-refractivity contribution is 5.84. The van der Waals surface area contributed by atoms with Gasteiger partial charge in [0.1, 0.15) is 5.82 Å². The van der Waals surface area contributed by atoms with E-state index in [1.54, 1.807) is 20.9 Å². The third-order valence-electron chi connectivity index (χ3n) is 3.24. The first-order chi connectivity index (χ1) is 9.69. The summed E-state index contributed by atoms with van der Waals surface area (Å²) in [5, 5.41) is 13.7. The molecule has 0 heterocycles. The van der Waals surface area contributed by atoms with Crippen molar-refractivity contribution in [3.63, 3.8) is 0 Å². The minimum Gasteiger partial charge on any atom is -0.484 e. The van der Waals surface area contributed by atoms with Crippen LogP contribution in [-0.2, 0) is 4.79 Å². The van der Waals surface area contributed by atoms with E-state index in [-0.39, 0.29) is 17.9 Å². The average molecular weight is 299 g/mol. The number of amides is 1. The second-order valence-corrected chi connectivity index (χ2v) is 4.95. The van der Waals surface area contributed by atoms with Gasteiger partial charge in [0.25, 0.3) is 0 Å². The molecule has 0 fully saturated rings. The van der Waals surface area contributed by atoms with Crippen LogP contribution in [0, 0.1) is 15.9 Å². The number of primary amides is 1. The van der Waals surface area contributed by atoms with Gasteiger partial charge < -0.3 is 15.8 Å². The summed E-state index contributed by atoms with van der Waals surface area (Å²) < 4.78 is 18.6. The predicted octanol–water partition coefficient (Wildman–Crippen LogP) is 1.35. The van der Waals surface area contributed by atoms with E-state index in [1.165, 1.54) is 0 Å². The number of nitrogens with zero attached hydrogens (tertiary/aromatic N) is 1. The number of nitro benzene ring substituents is 1. The molecule has 0 spiro atoms. The van der Waals surface area contributed by atoms with Gasteiger partial charge in [0.15, 0.2) is 5.75 Å². The van der Waals surface area contributed by atoms with Gasteiger partial charge in [-0.15, -0.1) is 0 Å². The zero-order valence-corrected chi connectivity index (χ0v) is 12.1. The molecule has 7 nitrogen and oxygen atoms in total. The summed E-state index contributed by atoms with van der Waals surface area (Å²) in [4.78, 5) is 21.6. The molecular weight excluding hydrogens is 281 g/mol. The molecule has 0 aromatic heterocycles. The zero-order chi connectivity index (χ0) is 16.2. The second kappa shape index (κ2) is 6.49. The summed E-state index contributed by atoms with van der Waals surface area (Å²) in [6.07, 6.45) is -0.414. The van der Waals surface area contributed by atoms with Crippen molar-refractivity contribution in [1.82, 2.24) is 5.32 Å². The largest absolute Gasteiger partial charge is 0.484 e. The number of carbonyl (C=O) groups excluding carboxylic acids is 1. The minimum atomic E-state index is -1.03. The molecule has 116 valence electrons. The molecule has 0 aliphatic rings. The molecule has 0 aliphatic heterocycles. The first-order valence-corrected chi connectivity index (χ1v) is 6.29. The number of nitrogens with two attached hydrogens (primary N) is 1. The molecular formula is C13H18FN3O4. The average Bonchev–Trinajstić information content (AvgIpc) is 2.37. The number of likely N-dealkylation sites (N-methyl/N-ethyl adjacent to an activating group) is 1. The van der Waals surface area contributed by atoms with E-state index in [4.69, 9.17) is 10.5 Å². The summed E-state index contributed by atoms with van der Waals surface area (Å²) in [6, 6.07) is 2.95. The van der Waals surface area contributed by atoms with Crippen LogP contribution < -0.4 is 15.8 Å². The first kappa shape index (κ1) is 16.8. The van der Waals surface area contributed by atoms with Crippen LogP contribution in [0.15, 0.2) is 18.2 Å². The minimum absolute atomic E-state index is 0.173. The summed E-state index contributed by atoms with van der Waals surface area (Å²) in [5.74, 6) is -1.40. The Kier molecular flexibility index (Phi) is 5.20. The third-order valence-corrected chi connectivity index (χ3v) is 3.24. The molecule has 21 heavy (non-hydrogen) atoms. The topological polar surface area (TPSA) is 107 Å². The highest BCUT2D eigenvalue weighted by Crippen LogP contribution is 2.29. The molecule has 3 N–H and O–H groups in total. The van der Waals surface area contributed by atoms with Crippen LogP contribution in [0.25, 0.3) is 0 Å². The highest BCUT2D eigenvalue weighted by atomic mass is 19.1.